The number of nitrogens with two attached hydrogens (primary N) is 1. The number of carbonyl (C=O) groups is 1. The highest BCUT2D eigenvalue weighted by Crippen LogP contribution is 2.02. The minimum Gasteiger partial charge on any atom is -0.468 e. The van der Waals surface area contributed by atoms with Gasteiger partial charge in [-0.05, 0) is 0 Å². The van der Waals surface area contributed by atoms with Crippen molar-refractivity contribution in [3.8, 4) is 0 Å². The monoisotopic (exact) mass is 179 g/mol. The summed E-state index contributed by atoms with van der Waals surface area (Å²) in [6.45, 7) is 0.230. The van der Waals surface area contributed by atoms with Gasteiger partial charge in [0.1, 0.15) is 0 Å². The molecular formula is C6H13NO3S. The SMILES string of the molecule is COC(=O)CSCC(O)CN. The number of ether oxygens (including phenoxy) is 1. The van der Waals surface area contributed by atoms with Crippen LogP contribution < -0.4 is 5.73 Å². The lowest BCUT2D eigenvalue weighted by Gasteiger charge is -2.05. The molecule has 3 N–H and O–H groups in total. The number of thioether (sulfide) groups is 1. The van der Waals surface area contributed by atoms with Gasteiger partial charge < -0.3 is 15.6 Å². The first-order chi connectivity index (χ1) is 5.20. The Morgan fingerprint density at radius 1 is 1.82 bits per heavy atom. The molecule has 0 aliphatic rings. The molecule has 1 atom stereocenters. The van der Waals surface area contributed by atoms with Crippen LogP contribution in [-0.2, 0) is 9.53 Å². The minimum absolute atomic E-state index is 0.230. The second-order valence-corrected chi connectivity index (χ2v) is 3.01. The maximum absolute atomic E-state index is 10.5. The third-order valence-electron chi connectivity index (χ3n) is 1.03. The van der Waals surface area contributed by atoms with Gasteiger partial charge in [-0.25, -0.2) is 0 Å². The highest BCUT2D eigenvalue weighted by molar-refractivity contribution is 7.99. The predicted molar refractivity (Wildman–Crippen MR) is 44.4 cm³/mol. The van der Waals surface area contributed by atoms with Crippen molar-refractivity contribution >= 4 is 17.7 Å². The van der Waals surface area contributed by atoms with Crippen LogP contribution >= 0.6 is 11.8 Å². The quantitative estimate of drug-likeness (QED) is 0.541. The molecule has 4 nitrogen and oxygen atoms in total. The molecule has 0 aliphatic carbocycles. The Bertz CT molecular complexity index is 120. The molecule has 0 aromatic rings. The molecule has 0 aromatic carbocycles. The summed E-state index contributed by atoms with van der Waals surface area (Å²) >= 11 is 1.31. The fourth-order valence-electron chi connectivity index (χ4n) is 0.405. The van der Waals surface area contributed by atoms with Gasteiger partial charge in [0.15, 0.2) is 0 Å². The number of carbonyl (C=O) groups excluding carboxylic acids is 1. The number of aliphatic hydroxyl groups is 1. The zero-order chi connectivity index (χ0) is 8.69. The zero-order valence-electron chi connectivity index (χ0n) is 6.45. The van der Waals surface area contributed by atoms with Gasteiger partial charge in [0.25, 0.3) is 0 Å². The molecule has 11 heavy (non-hydrogen) atoms. The van der Waals surface area contributed by atoms with E-state index in [4.69, 9.17) is 10.8 Å². The van der Waals surface area contributed by atoms with Crippen molar-refractivity contribution in [2.75, 3.05) is 25.2 Å². The van der Waals surface area contributed by atoms with Crippen molar-refractivity contribution in [2.45, 2.75) is 6.10 Å². The Kier molecular flexibility index (Phi) is 6.30. The average Bonchev–Trinajstić information content (AvgIpc) is 2.04. The fourth-order valence-corrected chi connectivity index (χ4v) is 1.22. The van der Waals surface area contributed by atoms with Gasteiger partial charge in [-0.2, -0.15) is 0 Å². The lowest BCUT2D eigenvalue weighted by Crippen LogP contribution is -2.22. The lowest BCUT2D eigenvalue weighted by molar-refractivity contribution is -0.137. The van der Waals surface area contributed by atoms with Crippen molar-refractivity contribution in [2.24, 2.45) is 5.73 Å². The molecule has 66 valence electrons. The highest BCUT2D eigenvalue weighted by Gasteiger charge is 2.04. The van der Waals surface area contributed by atoms with Crippen molar-refractivity contribution < 1.29 is 14.6 Å². The van der Waals surface area contributed by atoms with Crippen LogP contribution in [0.2, 0.25) is 0 Å². The van der Waals surface area contributed by atoms with Gasteiger partial charge in [0.2, 0.25) is 0 Å². The Balaban J connectivity index is 3.20. The second kappa shape index (κ2) is 6.45. The van der Waals surface area contributed by atoms with Crippen LogP contribution in [0.3, 0.4) is 0 Å². The van der Waals surface area contributed by atoms with Crippen molar-refractivity contribution in [3.05, 3.63) is 0 Å². The number of hydrogen-bond acceptors (Lipinski definition) is 5. The number of methoxy groups -OCH3 is 1. The van der Waals surface area contributed by atoms with Gasteiger partial charge in [-0.3, -0.25) is 4.79 Å². The molecule has 0 aromatic heterocycles. The number of esters is 1. The predicted octanol–water partition coefficient (Wildman–Crippen LogP) is -0.788. The summed E-state index contributed by atoms with van der Waals surface area (Å²) in [5, 5.41) is 8.95. The van der Waals surface area contributed by atoms with Crippen molar-refractivity contribution in [1.82, 2.24) is 0 Å². The van der Waals surface area contributed by atoms with Gasteiger partial charge in [-0.15, -0.1) is 11.8 Å². The van der Waals surface area contributed by atoms with E-state index in [1.165, 1.54) is 18.9 Å². The van der Waals surface area contributed by atoms with E-state index in [-0.39, 0.29) is 18.3 Å². The van der Waals surface area contributed by atoms with Crippen LogP contribution in [0, 0.1) is 0 Å². The van der Waals surface area contributed by atoms with E-state index in [1.54, 1.807) is 0 Å². The molecule has 0 saturated heterocycles. The number of aliphatic hydroxyl groups excluding tert-OH is 1. The Morgan fingerprint density at radius 2 is 2.45 bits per heavy atom. The van der Waals surface area contributed by atoms with Gasteiger partial charge in [0, 0.05) is 12.3 Å². The summed E-state index contributed by atoms with van der Waals surface area (Å²) in [6.07, 6.45) is -0.523. The van der Waals surface area contributed by atoms with Crippen molar-refractivity contribution in [1.29, 1.82) is 0 Å². The normalized spacial score (nSPS) is 12.6. The van der Waals surface area contributed by atoms with Crippen LogP contribution in [0.5, 0.6) is 0 Å². The van der Waals surface area contributed by atoms with Gasteiger partial charge in [-0.1, -0.05) is 0 Å². The molecule has 0 heterocycles. The Morgan fingerprint density at radius 3 is 2.91 bits per heavy atom. The second-order valence-electron chi connectivity index (χ2n) is 1.98. The number of rotatable bonds is 5. The summed E-state index contributed by atoms with van der Waals surface area (Å²) < 4.78 is 4.39. The molecule has 0 saturated carbocycles. The standard InChI is InChI=1S/C6H13NO3S/c1-10-6(9)4-11-3-5(8)2-7/h5,8H,2-4,7H2,1H3. The van der Waals surface area contributed by atoms with E-state index >= 15 is 0 Å². The molecule has 0 rings (SSSR count). The highest BCUT2D eigenvalue weighted by atomic mass is 32.2. The lowest BCUT2D eigenvalue weighted by atomic mass is 10.4. The minimum atomic E-state index is -0.523. The maximum Gasteiger partial charge on any atom is 0.315 e. The first kappa shape index (κ1) is 10.7. The van der Waals surface area contributed by atoms with E-state index in [0.717, 1.165) is 0 Å². The smallest absolute Gasteiger partial charge is 0.315 e. The van der Waals surface area contributed by atoms with E-state index in [2.05, 4.69) is 4.74 Å². The molecule has 0 amide bonds. The third kappa shape index (κ3) is 6.15. The molecule has 5 heteroatoms. The zero-order valence-corrected chi connectivity index (χ0v) is 7.26. The molecule has 0 radical (unpaired) electrons. The van der Waals surface area contributed by atoms with Crippen LogP contribution in [0.25, 0.3) is 0 Å². The first-order valence-corrected chi connectivity index (χ1v) is 4.39. The average molecular weight is 179 g/mol. The van der Waals surface area contributed by atoms with Crippen LogP contribution in [0.4, 0.5) is 0 Å². The summed E-state index contributed by atoms with van der Waals surface area (Å²) in [7, 11) is 1.34. The maximum atomic E-state index is 10.5. The summed E-state index contributed by atoms with van der Waals surface area (Å²) in [5.74, 6) is 0.471. The van der Waals surface area contributed by atoms with Gasteiger partial charge in [0.05, 0.1) is 19.0 Å². The van der Waals surface area contributed by atoms with Crippen LogP contribution in [0.1, 0.15) is 0 Å². The molecule has 1 unspecified atom stereocenters. The van der Waals surface area contributed by atoms with Crippen LogP contribution in [-0.4, -0.2) is 42.3 Å². The van der Waals surface area contributed by atoms with E-state index < -0.39 is 6.10 Å². The van der Waals surface area contributed by atoms with Gasteiger partial charge >= 0.3 is 5.97 Å². The summed E-state index contributed by atoms with van der Waals surface area (Å²) in [5.41, 5.74) is 5.14. The first-order valence-electron chi connectivity index (χ1n) is 3.23. The molecule has 0 spiro atoms. The Hall–Kier alpha value is -0.260. The fraction of sp³-hybridized carbons (Fsp3) is 0.833. The third-order valence-corrected chi connectivity index (χ3v) is 2.09. The van der Waals surface area contributed by atoms with Crippen molar-refractivity contribution in [3.63, 3.8) is 0 Å². The largest absolute Gasteiger partial charge is 0.468 e. The van der Waals surface area contributed by atoms with Crippen LogP contribution in [0.15, 0.2) is 0 Å². The van der Waals surface area contributed by atoms with E-state index in [9.17, 15) is 4.79 Å². The summed E-state index contributed by atoms with van der Waals surface area (Å²) in [4.78, 5) is 10.5. The molecular weight excluding hydrogens is 166 g/mol. The Labute approximate surface area is 70.1 Å². The summed E-state index contributed by atoms with van der Waals surface area (Å²) in [6, 6.07) is 0. The molecule has 0 bridgehead atoms. The topological polar surface area (TPSA) is 72.5 Å². The van der Waals surface area contributed by atoms with E-state index in [0.29, 0.717) is 5.75 Å². The number of hydrogen-bond donors (Lipinski definition) is 2. The molecule has 0 fully saturated rings. The van der Waals surface area contributed by atoms with E-state index in [1.807, 2.05) is 0 Å². The molecule has 0 aliphatic heterocycles.